The lowest BCUT2D eigenvalue weighted by molar-refractivity contribution is -0.385. The number of nitro benzene ring substituents is 1. The molecule has 8 nitrogen and oxygen atoms in total. The number of tetrazole rings is 1. The average Bonchev–Trinajstić information content (AvgIpc) is 2.74. The molecular weight excluding hydrogens is 226 g/mol. The van der Waals surface area contributed by atoms with E-state index >= 15 is 0 Å². The minimum absolute atomic E-state index is 0.118. The molecule has 88 valence electrons. The number of methoxy groups -OCH3 is 1. The Labute approximate surface area is 96.0 Å². The molecule has 1 heterocycles. The maximum atomic E-state index is 10.9. The summed E-state index contributed by atoms with van der Waals surface area (Å²) in [6.07, 6.45) is 0. The first-order valence-electron chi connectivity index (χ1n) is 4.68. The van der Waals surface area contributed by atoms with Gasteiger partial charge in [-0.25, -0.2) is 4.68 Å². The van der Waals surface area contributed by atoms with Crippen molar-refractivity contribution in [1.29, 1.82) is 0 Å². The van der Waals surface area contributed by atoms with E-state index in [-0.39, 0.29) is 11.4 Å². The van der Waals surface area contributed by atoms with Gasteiger partial charge in [0.25, 0.3) is 0 Å². The zero-order valence-corrected chi connectivity index (χ0v) is 9.19. The molecule has 0 aliphatic heterocycles. The van der Waals surface area contributed by atoms with Crippen LogP contribution in [-0.2, 0) is 7.05 Å². The van der Waals surface area contributed by atoms with Gasteiger partial charge in [0.15, 0.2) is 11.6 Å². The van der Waals surface area contributed by atoms with Crippen LogP contribution < -0.4 is 4.74 Å². The molecule has 0 bridgehead atoms. The van der Waals surface area contributed by atoms with Crippen molar-refractivity contribution in [3.8, 4) is 17.1 Å². The maximum absolute atomic E-state index is 10.9. The molecule has 0 aliphatic carbocycles. The molecule has 0 unspecified atom stereocenters. The van der Waals surface area contributed by atoms with Crippen molar-refractivity contribution in [3.05, 3.63) is 28.3 Å². The summed E-state index contributed by atoms with van der Waals surface area (Å²) in [7, 11) is 3.04. The van der Waals surface area contributed by atoms with E-state index in [2.05, 4.69) is 15.5 Å². The summed E-state index contributed by atoms with van der Waals surface area (Å²) in [5.74, 6) is 0.657. The summed E-state index contributed by atoms with van der Waals surface area (Å²) in [5.41, 5.74) is 0.443. The van der Waals surface area contributed by atoms with Gasteiger partial charge in [0.05, 0.1) is 12.0 Å². The molecule has 0 amide bonds. The van der Waals surface area contributed by atoms with E-state index in [9.17, 15) is 10.1 Å². The second-order valence-corrected chi connectivity index (χ2v) is 3.27. The number of hydrogen-bond acceptors (Lipinski definition) is 6. The molecule has 0 spiro atoms. The topological polar surface area (TPSA) is 96.0 Å². The lowest BCUT2D eigenvalue weighted by atomic mass is 10.2. The highest BCUT2D eigenvalue weighted by Gasteiger charge is 2.17. The number of hydrogen-bond donors (Lipinski definition) is 0. The molecule has 1 aromatic carbocycles. The molecule has 0 saturated heterocycles. The Morgan fingerprint density at radius 3 is 2.76 bits per heavy atom. The van der Waals surface area contributed by atoms with Crippen LogP contribution in [-0.4, -0.2) is 32.2 Å². The zero-order valence-electron chi connectivity index (χ0n) is 9.19. The molecule has 0 N–H and O–H groups in total. The van der Waals surface area contributed by atoms with E-state index in [1.165, 1.54) is 23.9 Å². The Morgan fingerprint density at radius 2 is 2.24 bits per heavy atom. The average molecular weight is 235 g/mol. The molecule has 2 aromatic rings. The molecule has 0 fully saturated rings. The van der Waals surface area contributed by atoms with Gasteiger partial charge >= 0.3 is 5.69 Å². The predicted octanol–water partition coefficient (Wildman–Crippen LogP) is 0.794. The third-order valence-electron chi connectivity index (χ3n) is 2.25. The lowest BCUT2D eigenvalue weighted by Crippen LogP contribution is -1.97. The van der Waals surface area contributed by atoms with Gasteiger partial charge in [-0.3, -0.25) is 10.1 Å². The standard InChI is InChI=1S/C9H9N5O3/c1-13-9(10-11-12-13)6-3-4-8(17-2)7(5-6)14(15)16/h3-5H,1-2H3. The van der Waals surface area contributed by atoms with Crippen LogP contribution in [0.3, 0.4) is 0 Å². The highest BCUT2D eigenvalue weighted by atomic mass is 16.6. The van der Waals surface area contributed by atoms with Gasteiger partial charge in [0.1, 0.15) is 0 Å². The summed E-state index contributed by atoms with van der Waals surface area (Å²) >= 11 is 0. The van der Waals surface area contributed by atoms with Crippen LogP contribution >= 0.6 is 0 Å². The normalized spacial score (nSPS) is 10.2. The van der Waals surface area contributed by atoms with E-state index in [4.69, 9.17) is 4.74 Å². The van der Waals surface area contributed by atoms with E-state index in [1.54, 1.807) is 13.1 Å². The molecule has 2 rings (SSSR count). The third kappa shape index (κ3) is 1.92. The van der Waals surface area contributed by atoms with Crippen molar-refractivity contribution >= 4 is 5.69 Å². The molecule has 1 aromatic heterocycles. The first-order chi connectivity index (χ1) is 8.13. The van der Waals surface area contributed by atoms with Crippen LogP contribution in [0.5, 0.6) is 5.75 Å². The third-order valence-corrected chi connectivity index (χ3v) is 2.25. The van der Waals surface area contributed by atoms with Gasteiger partial charge in [-0.05, 0) is 22.6 Å². The fraction of sp³-hybridized carbons (Fsp3) is 0.222. The largest absolute Gasteiger partial charge is 0.490 e. The van der Waals surface area contributed by atoms with Crippen molar-refractivity contribution in [2.45, 2.75) is 0 Å². The van der Waals surface area contributed by atoms with E-state index in [0.29, 0.717) is 11.4 Å². The highest BCUT2D eigenvalue weighted by molar-refractivity contribution is 5.63. The van der Waals surface area contributed by atoms with Gasteiger partial charge in [-0.2, -0.15) is 0 Å². The molecule has 17 heavy (non-hydrogen) atoms. The highest BCUT2D eigenvalue weighted by Crippen LogP contribution is 2.30. The van der Waals surface area contributed by atoms with Crippen LogP contribution in [0.25, 0.3) is 11.4 Å². The summed E-state index contributed by atoms with van der Waals surface area (Å²) in [4.78, 5) is 10.3. The fourth-order valence-corrected chi connectivity index (χ4v) is 1.45. The molecule has 0 atom stereocenters. The minimum atomic E-state index is -0.508. The summed E-state index contributed by atoms with van der Waals surface area (Å²) < 4.78 is 6.35. The van der Waals surface area contributed by atoms with Crippen LogP contribution in [0.2, 0.25) is 0 Å². The number of benzene rings is 1. The first-order valence-corrected chi connectivity index (χ1v) is 4.68. The van der Waals surface area contributed by atoms with Gasteiger partial charge < -0.3 is 4.74 Å². The molecular formula is C9H9N5O3. The van der Waals surface area contributed by atoms with Gasteiger partial charge in [0.2, 0.25) is 0 Å². The Bertz CT molecular complexity index is 566. The Morgan fingerprint density at radius 1 is 1.47 bits per heavy atom. The van der Waals surface area contributed by atoms with Crippen LogP contribution in [0.15, 0.2) is 18.2 Å². The number of ether oxygens (including phenoxy) is 1. The van der Waals surface area contributed by atoms with E-state index in [1.807, 2.05) is 0 Å². The molecule has 0 radical (unpaired) electrons. The number of nitrogens with zero attached hydrogens (tertiary/aromatic N) is 5. The predicted molar refractivity (Wildman–Crippen MR) is 57.4 cm³/mol. The second-order valence-electron chi connectivity index (χ2n) is 3.27. The van der Waals surface area contributed by atoms with Gasteiger partial charge in [-0.15, -0.1) is 5.10 Å². The summed E-state index contributed by atoms with van der Waals surface area (Å²) in [6, 6.07) is 4.56. The Hall–Kier alpha value is -2.51. The van der Waals surface area contributed by atoms with Crippen molar-refractivity contribution in [3.63, 3.8) is 0 Å². The van der Waals surface area contributed by atoms with E-state index < -0.39 is 4.92 Å². The summed E-state index contributed by atoms with van der Waals surface area (Å²) in [6.45, 7) is 0. The van der Waals surface area contributed by atoms with Gasteiger partial charge in [0, 0.05) is 18.7 Å². The molecule has 8 heteroatoms. The zero-order chi connectivity index (χ0) is 12.4. The summed E-state index contributed by atoms with van der Waals surface area (Å²) in [5, 5.41) is 21.8. The van der Waals surface area contributed by atoms with Crippen LogP contribution in [0.4, 0.5) is 5.69 Å². The molecule has 0 saturated carbocycles. The van der Waals surface area contributed by atoms with Crippen molar-refractivity contribution in [2.24, 2.45) is 7.05 Å². The number of rotatable bonds is 3. The fourth-order valence-electron chi connectivity index (χ4n) is 1.45. The SMILES string of the molecule is COc1ccc(-c2nnnn2C)cc1[N+](=O)[O-]. The smallest absolute Gasteiger partial charge is 0.311 e. The van der Waals surface area contributed by atoms with Crippen molar-refractivity contribution < 1.29 is 9.66 Å². The van der Waals surface area contributed by atoms with Crippen LogP contribution in [0.1, 0.15) is 0 Å². The van der Waals surface area contributed by atoms with Gasteiger partial charge in [-0.1, -0.05) is 0 Å². The Kier molecular flexibility index (Phi) is 2.69. The first kappa shape index (κ1) is 11.0. The van der Waals surface area contributed by atoms with Crippen molar-refractivity contribution in [1.82, 2.24) is 20.2 Å². The van der Waals surface area contributed by atoms with Crippen LogP contribution in [0, 0.1) is 10.1 Å². The quantitative estimate of drug-likeness (QED) is 0.576. The van der Waals surface area contributed by atoms with E-state index in [0.717, 1.165) is 0 Å². The molecule has 0 aliphatic rings. The monoisotopic (exact) mass is 235 g/mol. The number of nitro groups is 1. The minimum Gasteiger partial charge on any atom is -0.490 e. The number of aryl methyl sites for hydroxylation is 1. The van der Waals surface area contributed by atoms with Crippen molar-refractivity contribution in [2.75, 3.05) is 7.11 Å². The number of aromatic nitrogens is 4. The maximum Gasteiger partial charge on any atom is 0.311 e. The Balaban J connectivity index is 2.55. The lowest BCUT2D eigenvalue weighted by Gasteiger charge is -2.03. The second kappa shape index (κ2) is 4.16.